The van der Waals surface area contributed by atoms with Crippen molar-refractivity contribution in [1.82, 2.24) is 14.5 Å². The quantitative estimate of drug-likeness (QED) is 0.530. The average molecular weight is 424 g/mol. The lowest BCUT2D eigenvalue weighted by molar-refractivity contribution is 0.804. The number of H-pyrrole nitrogens is 1. The second-order valence-electron chi connectivity index (χ2n) is 8.16. The highest BCUT2D eigenvalue weighted by molar-refractivity contribution is 5.70. The number of benzene rings is 2. The van der Waals surface area contributed by atoms with Crippen LogP contribution in [0.3, 0.4) is 0 Å². The Morgan fingerprint density at radius 1 is 1.03 bits per heavy atom. The van der Waals surface area contributed by atoms with Gasteiger partial charge in [0.15, 0.2) is 0 Å². The fraction of sp³-hybridized carbons (Fsp3) is 0.192. The van der Waals surface area contributed by atoms with Gasteiger partial charge in [-0.2, -0.15) is 0 Å². The molecule has 0 atom stereocenters. The molecule has 6 heteroatoms. The summed E-state index contributed by atoms with van der Waals surface area (Å²) in [4.78, 5) is 24.8. The van der Waals surface area contributed by atoms with E-state index in [9.17, 15) is 4.79 Å². The van der Waals surface area contributed by atoms with Crippen LogP contribution in [0.1, 0.15) is 26.7 Å². The highest BCUT2D eigenvalue weighted by Crippen LogP contribution is 2.23. The number of nitrogens with one attached hydrogen (secondary N) is 2. The van der Waals surface area contributed by atoms with Crippen molar-refractivity contribution in [3.63, 3.8) is 0 Å². The Labute approximate surface area is 185 Å². The third-order valence-corrected chi connectivity index (χ3v) is 5.42. The van der Waals surface area contributed by atoms with Gasteiger partial charge in [-0.25, -0.2) is 4.98 Å². The van der Waals surface area contributed by atoms with Gasteiger partial charge in [0, 0.05) is 17.9 Å². The SMILES string of the molecule is CC(C)N=c1cc2n(-c3ccccc3)c3c(nc-2cc1Nc1ccc[nH]c1=O)=CCCC=3. The maximum absolute atomic E-state index is 12.3. The third kappa shape index (κ3) is 3.75. The van der Waals surface area contributed by atoms with E-state index in [0.717, 1.165) is 51.7 Å². The Bertz CT molecular complexity index is 1500. The van der Waals surface area contributed by atoms with E-state index in [2.05, 4.69) is 45.2 Å². The van der Waals surface area contributed by atoms with Crippen LogP contribution in [0.4, 0.5) is 11.4 Å². The predicted molar refractivity (Wildman–Crippen MR) is 129 cm³/mol. The molecule has 0 saturated carbocycles. The van der Waals surface area contributed by atoms with Crippen LogP contribution >= 0.6 is 0 Å². The molecule has 160 valence electrons. The van der Waals surface area contributed by atoms with Gasteiger partial charge in [0.05, 0.1) is 33.1 Å². The summed E-state index contributed by atoms with van der Waals surface area (Å²) in [5.74, 6) is 0. The molecule has 0 spiro atoms. The van der Waals surface area contributed by atoms with E-state index in [-0.39, 0.29) is 11.6 Å². The van der Waals surface area contributed by atoms with Crippen LogP contribution in [0.2, 0.25) is 0 Å². The maximum Gasteiger partial charge on any atom is 0.271 e. The minimum Gasteiger partial charge on any atom is -0.349 e. The fourth-order valence-electron chi connectivity index (χ4n) is 4.06. The zero-order chi connectivity index (χ0) is 22.1. The second-order valence-corrected chi connectivity index (χ2v) is 8.16. The summed E-state index contributed by atoms with van der Waals surface area (Å²) in [6, 6.07) is 18.0. The van der Waals surface area contributed by atoms with Crippen molar-refractivity contribution in [3.05, 3.63) is 87.2 Å². The van der Waals surface area contributed by atoms with Crippen molar-refractivity contribution in [1.29, 1.82) is 0 Å². The van der Waals surface area contributed by atoms with E-state index >= 15 is 0 Å². The Morgan fingerprint density at radius 3 is 2.62 bits per heavy atom. The van der Waals surface area contributed by atoms with Crippen LogP contribution in [0, 0.1) is 0 Å². The first-order valence-electron chi connectivity index (χ1n) is 10.9. The zero-order valence-electron chi connectivity index (χ0n) is 18.2. The molecule has 5 rings (SSSR count). The molecule has 2 aromatic rings. The van der Waals surface area contributed by atoms with E-state index in [1.165, 1.54) is 0 Å². The lowest BCUT2D eigenvalue weighted by atomic mass is 10.1. The molecule has 0 unspecified atom stereocenters. The van der Waals surface area contributed by atoms with Crippen molar-refractivity contribution in [3.8, 4) is 17.1 Å². The van der Waals surface area contributed by atoms with Crippen molar-refractivity contribution >= 4 is 23.5 Å². The monoisotopic (exact) mass is 423 g/mol. The summed E-state index contributed by atoms with van der Waals surface area (Å²) >= 11 is 0. The van der Waals surface area contributed by atoms with Gasteiger partial charge in [-0.05, 0) is 63.1 Å². The van der Waals surface area contributed by atoms with Crippen LogP contribution in [-0.2, 0) is 0 Å². The summed E-state index contributed by atoms with van der Waals surface area (Å²) in [5.41, 5.74) is 3.96. The normalized spacial score (nSPS) is 13.5. The molecule has 2 heterocycles. The van der Waals surface area contributed by atoms with Gasteiger partial charge < -0.3 is 14.9 Å². The van der Waals surface area contributed by atoms with Gasteiger partial charge in [-0.1, -0.05) is 30.4 Å². The lowest BCUT2D eigenvalue weighted by Gasteiger charge is -2.20. The number of aromatic amines is 1. The summed E-state index contributed by atoms with van der Waals surface area (Å²) < 4.78 is 2.26. The number of pyridine rings is 1. The Hall–Kier alpha value is -3.93. The molecule has 6 nitrogen and oxygen atoms in total. The van der Waals surface area contributed by atoms with Gasteiger partial charge >= 0.3 is 0 Å². The van der Waals surface area contributed by atoms with Crippen LogP contribution in [0.15, 0.2) is 70.6 Å². The standard InChI is InChI=1S/C26H25N5O/c1-17(2)28-22-16-25-23(15-21(22)30-20-12-8-14-27-26(20)32)29-19-11-6-7-13-24(19)31(25)18-9-4-3-5-10-18/h3-5,8-17,30H,6-7H2,1-2H3,(H,27,32). The minimum atomic E-state index is -0.177. The number of aromatic nitrogens is 3. The fourth-order valence-corrected chi connectivity index (χ4v) is 4.06. The van der Waals surface area contributed by atoms with Crippen LogP contribution < -0.4 is 26.9 Å². The molecule has 0 radical (unpaired) electrons. The largest absolute Gasteiger partial charge is 0.349 e. The maximum atomic E-state index is 12.3. The van der Waals surface area contributed by atoms with Gasteiger partial charge in [0.2, 0.25) is 0 Å². The molecule has 2 aliphatic carbocycles. The molecule has 3 aliphatic rings. The van der Waals surface area contributed by atoms with E-state index in [4.69, 9.17) is 9.98 Å². The molecular formula is C26H25N5O. The Morgan fingerprint density at radius 2 is 1.84 bits per heavy atom. The molecular weight excluding hydrogens is 398 g/mol. The van der Waals surface area contributed by atoms with Crippen molar-refractivity contribution in [2.24, 2.45) is 4.99 Å². The molecule has 0 bridgehead atoms. The molecule has 0 fully saturated rings. The predicted octanol–water partition coefficient (Wildman–Crippen LogP) is 3.07. The first-order chi connectivity index (χ1) is 15.6. The number of nitrogens with zero attached hydrogens (tertiary/aromatic N) is 3. The zero-order valence-corrected chi connectivity index (χ0v) is 18.2. The van der Waals surface area contributed by atoms with Gasteiger partial charge in [-0.15, -0.1) is 0 Å². The minimum absolute atomic E-state index is 0.0951. The number of anilines is 2. The molecule has 1 aromatic carbocycles. The molecule has 0 saturated heterocycles. The summed E-state index contributed by atoms with van der Waals surface area (Å²) in [6.07, 6.45) is 8.04. The highest BCUT2D eigenvalue weighted by Gasteiger charge is 2.16. The summed E-state index contributed by atoms with van der Waals surface area (Å²) in [5, 5.41) is 6.15. The Balaban J connectivity index is 1.84. The van der Waals surface area contributed by atoms with E-state index in [1.807, 2.05) is 38.1 Å². The molecule has 32 heavy (non-hydrogen) atoms. The van der Waals surface area contributed by atoms with Crippen LogP contribution in [-0.4, -0.2) is 20.6 Å². The van der Waals surface area contributed by atoms with E-state index in [1.54, 1.807) is 18.3 Å². The number of fused-ring (bicyclic) bond motifs is 2. The first-order valence-corrected chi connectivity index (χ1v) is 10.9. The Kier molecular flexibility index (Phi) is 5.19. The van der Waals surface area contributed by atoms with Crippen molar-refractivity contribution < 1.29 is 0 Å². The number of hydrogen-bond acceptors (Lipinski definition) is 4. The molecule has 2 N–H and O–H groups in total. The van der Waals surface area contributed by atoms with Crippen molar-refractivity contribution in [2.75, 3.05) is 5.32 Å². The lowest BCUT2D eigenvalue weighted by Crippen LogP contribution is -2.40. The average Bonchev–Trinajstić information content (AvgIpc) is 2.80. The molecule has 0 amide bonds. The second kappa shape index (κ2) is 8.30. The van der Waals surface area contributed by atoms with Gasteiger partial charge in [-0.3, -0.25) is 9.79 Å². The molecule has 1 aliphatic heterocycles. The van der Waals surface area contributed by atoms with Gasteiger partial charge in [0.25, 0.3) is 5.56 Å². The van der Waals surface area contributed by atoms with E-state index in [0.29, 0.717) is 5.69 Å². The number of rotatable bonds is 4. The smallest absolute Gasteiger partial charge is 0.271 e. The van der Waals surface area contributed by atoms with Crippen molar-refractivity contribution in [2.45, 2.75) is 32.7 Å². The van der Waals surface area contributed by atoms with E-state index < -0.39 is 0 Å². The number of hydrogen-bond donors (Lipinski definition) is 2. The topological polar surface area (TPSA) is 75.1 Å². The van der Waals surface area contributed by atoms with Crippen LogP contribution in [0.25, 0.3) is 29.2 Å². The summed E-state index contributed by atoms with van der Waals surface area (Å²) in [6.45, 7) is 4.09. The van der Waals surface area contributed by atoms with Crippen LogP contribution in [0.5, 0.6) is 0 Å². The van der Waals surface area contributed by atoms with Gasteiger partial charge in [0.1, 0.15) is 5.69 Å². The molecule has 1 aromatic heterocycles. The summed E-state index contributed by atoms with van der Waals surface area (Å²) in [7, 11) is 0. The highest BCUT2D eigenvalue weighted by atomic mass is 16.1. The third-order valence-electron chi connectivity index (χ3n) is 5.42. The first kappa shape index (κ1) is 20.0. The number of para-hydroxylation sites is 1.